The molecule has 2 aromatic rings. The van der Waals surface area contributed by atoms with E-state index < -0.39 is 15.3 Å². The Morgan fingerprint density at radius 2 is 1.79 bits per heavy atom. The molecule has 7 nitrogen and oxygen atoms in total. The van der Waals surface area contributed by atoms with E-state index in [-0.39, 0.29) is 22.5 Å². The van der Waals surface area contributed by atoms with Gasteiger partial charge in [-0.3, -0.25) is 9.59 Å². The Bertz CT molecular complexity index is 1110. The molecule has 1 heterocycles. The Hall–Kier alpha value is -2.36. The van der Waals surface area contributed by atoms with E-state index in [1.165, 1.54) is 16.1 Å². The number of hydrogen-bond acceptors (Lipinski definition) is 5. The van der Waals surface area contributed by atoms with Crippen LogP contribution in [0.5, 0.6) is 0 Å². The van der Waals surface area contributed by atoms with Gasteiger partial charge in [0.2, 0.25) is 21.8 Å². The number of amides is 2. The first-order chi connectivity index (χ1) is 15.7. The van der Waals surface area contributed by atoms with Crippen LogP contribution >= 0.6 is 11.8 Å². The van der Waals surface area contributed by atoms with Gasteiger partial charge in [-0.05, 0) is 56.2 Å². The highest BCUT2D eigenvalue weighted by Gasteiger charge is 2.30. The Kier molecular flexibility index (Phi) is 8.20. The zero-order valence-electron chi connectivity index (χ0n) is 19.5. The second kappa shape index (κ2) is 10.7. The summed E-state index contributed by atoms with van der Waals surface area (Å²) >= 11 is 1.29. The van der Waals surface area contributed by atoms with Gasteiger partial charge in [0.05, 0.1) is 15.9 Å². The molecule has 0 fully saturated rings. The summed E-state index contributed by atoms with van der Waals surface area (Å²) in [4.78, 5) is 27.3. The van der Waals surface area contributed by atoms with Crippen LogP contribution in [-0.4, -0.2) is 55.2 Å². The third-order valence-corrected chi connectivity index (χ3v) is 8.88. The van der Waals surface area contributed by atoms with Crippen LogP contribution in [0.4, 0.5) is 11.4 Å². The first-order valence-corrected chi connectivity index (χ1v) is 13.6. The van der Waals surface area contributed by atoms with Crippen molar-refractivity contribution in [3.05, 3.63) is 53.6 Å². The van der Waals surface area contributed by atoms with Gasteiger partial charge >= 0.3 is 0 Å². The van der Waals surface area contributed by atoms with Crippen molar-refractivity contribution in [3.8, 4) is 0 Å². The normalized spacial score (nSPS) is 14.3. The van der Waals surface area contributed by atoms with E-state index in [2.05, 4.69) is 5.32 Å². The van der Waals surface area contributed by atoms with Gasteiger partial charge in [0.15, 0.2) is 0 Å². The van der Waals surface area contributed by atoms with E-state index in [9.17, 15) is 18.0 Å². The summed E-state index contributed by atoms with van der Waals surface area (Å²) in [5, 5.41) is 2.44. The number of nitrogens with one attached hydrogen (secondary N) is 1. The van der Waals surface area contributed by atoms with Crippen molar-refractivity contribution in [2.45, 2.75) is 44.3 Å². The van der Waals surface area contributed by atoms with Crippen molar-refractivity contribution in [2.75, 3.05) is 35.6 Å². The summed E-state index contributed by atoms with van der Waals surface area (Å²) in [7, 11) is -3.54. The molecular formula is C24H31N3O4S2. The molecule has 33 heavy (non-hydrogen) atoms. The number of carbonyl (C=O) groups excluding carboxylic acids is 2. The highest BCUT2D eigenvalue weighted by molar-refractivity contribution is 8.01. The monoisotopic (exact) mass is 489 g/mol. The van der Waals surface area contributed by atoms with E-state index in [0.717, 1.165) is 22.5 Å². The van der Waals surface area contributed by atoms with Crippen molar-refractivity contribution < 1.29 is 18.0 Å². The fourth-order valence-electron chi connectivity index (χ4n) is 3.81. The highest BCUT2D eigenvalue weighted by atomic mass is 32.2. The lowest BCUT2D eigenvalue weighted by atomic mass is 10.2. The summed E-state index contributed by atoms with van der Waals surface area (Å²) in [5.74, 6) is -0.0690. The minimum atomic E-state index is -3.54. The molecule has 3 rings (SSSR count). The van der Waals surface area contributed by atoms with Gasteiger partial charge in [0.25, 0.3) is 0 Å². The summed E-state index contributed by atoms with van der Waals surface area (Å²) in [6.07, 6.45) is 0.605. The molecule has 0 spiro atoms. The van der Waals surface area contributed by atoms with Gasteiger partial charge in [0.1, 0.15) is 0 Å². The van der Waals surface area contributed by atoms with Gasteiger partial charge in [-0.2, -0.15) is 4.31 Å². The molecule has 0 aromatic heterocycles. The number of hydrogen-bond donors (Lipinski definition) is 1. The molecule has 0 saturated heterocycles. The second-order valence-electron chi connectivity index (χ2n) is 7.99. The van der Waals surface area contributed by atoms with E-state index in [4.69, 9.17) is 0 Å². The lowest BCUT2D eigenvalue weighted by Gasteiger charge is -2.22. The van der Waals surface area contributed by atoms with Crippen LogP contribution in [0.2, 0.25) is 0 Å². The van der Waals surface area contributed by atoms with Crippen molar-refractivity contribution in [1.29, 1.82) is 0 Å². The topological polar surface area (TPSA) is 86.8 Å². The SMILES string of the molecule is CCN(CC)S(=O)(=O)c1ccc2c(c1)CCN2C(=O)C(C)SCC(=O)Nc1ccc(C)cc1. The maximum Gasteiger partial charge on any atom is 0.243 e. The second-order valence-corrected chi connectivity index (χ2v) is 11.3. The number of aryl methyl sites for hydroxylation is 1. The van der Waals surface area contributed by atoms with Crippen molar-refractivity contribution >= 4 is 45.0 Å². The standard InChI is InChI=1S/C24H31N3O4S2/c1-5-26(6-2)33(30,31)21-11-12-22-19(15-21)13-14-27(22)24(29)18(4)32-16-23(28)25-20-9-7-17(3)8-10-20/h7-12,15,18H,5-6,13-14,16H2,1-4H3,(H,25,28). The number of thioether (sulfide) groups is 1. The third-order valence-electron chi connectivity index (χ3n) is 5.70. The van der Waals surface area contributed by atoms with Crippen LogP contribution in [0, 0.1) is 6.92 Å². The van der Waals surface area contributed by atoms with Gasteiger partial charge in [-0.15, -0.1) is 11.8 Å². The highest BCUT2D eigenvalue weighted by Crippen LogP contribution is 2.32. The number of benzene rings is 2. The van der Waals surface area contributed by atoms with Gasteiger partial charge in [-0.25, -0.2) is 8.42 Å². The maximum atomic E-state index is 13.0. The number of nitrogens with zero attached hydrogens (tertiary/aromatic N) is 2. The molecule has 2 amide bonds. The summed E-state index contributed by atoms with van der Waals surface area (Å²) in [5.41, 5.74) is 3.44. The molecule has 0 radical (unpaired) electrons. The van der Waals surface area contributed by atoms with Crippen LogP contribution in [0.3, 0.4) is 0 Å². The Balaban J connectivity index is 1.62. The number of anilines is 2. The lowest BCUT2D eigenvalue weighted by molar-refractivity contribution is -0.117. The Morgan fingerprint density at radius 3 is 2.42 bits per heavy atom. The van der Waals surface area contributed by atoms with Crippen LogP contribution < -0.4 is 10.2 Å². The molecule has 178 valence electrons. The predicted octanol–water partition coefficient (Wildman–Crippen LogP) is 3.68. The van der Waals surface area contributed by atoms with Crippen molar-refractivity contribution in [3.63, 3.8) is 0 Å². The number of sulfonamides is 1. The fourth-order valence-corrected chi connectivity index (χ4v) is 6.06. The average molecular weight is 490 g/mol. The molecule has 0 bridgehead atoms. The zero-order valence-corrected chi connectivity index (χ0v) is 21.1. The molecule has 9 heteroatoms. The van der Waals surface area contributed by atoms with Crippen molar-refractivity contribution in [1.82, 2.24) is 4.31 Å². The number of rotatable bonds is 9. The van der Waals surface area contributed by atoms with Gasteiger partial charge < -0.3 is 10.2 Å². The Morgan fingerprint density at radius 1 is 1.12 bits per heavy atom. The molecule has 1 N–H and O–H groups in total. The molecule has 0 saturated carbocycles. The van der Waals surface area contributed by atoms with Crippen LogP contribution in [0.15, 0.2) is 47.4 Å². The van der Waals surface area contributed by atoms with E-state index in [1.807, 2.05) is 45.0 Å². The quantitative estimate of drug-likeness (QED) is 0.581. The average Bonchev–Trinajstić information content (AvgIpc) is 3.22. The first-order valence-electron chi connectivity index (χ1n) is 11.1. The molecule has 2 aromatic carbocycles. The maximum absolute atomic E-state index is 13.0. The number of fused-ring (bicyclic) bond motifs is 1. The molecule has 0 aliphatic carbocycles. The molecule has 1 atom stereocenters. The summed E-state index contributed by atoms with van der Waals surface area (Å²) < 4.78 is 27.1. The molecule has 1 aliphatic rings. The van der Waals surface area contributed by atoms with E-state index in [1.54, 1.807) is 30.0 Å². The van der Waals surface area contributed by atoms with Crippen LogP contribution in [0.1, 0.15) is 31.9 Å². The summed E-state index contributed by atoms with van der Waals surface area (Å²) in [6, 6.07) is 12.5. The van der Waals surface area contributed by atoms with E-state index >= 15 is 0 Å². The predicted molar refractivity (Wildman–Crippen MR) is 134 cm³/mol. The summed E-state index contributed by atoms with van der Waals surface area (Å²) in [6.45, 7) is 8.73. The molecule has 1 unspecified atom stereocenters. The minimum absolute atomic E-state index is 0.0822. The van der Waals surface area contributed by atoms with Crippen molar-refractivity contribution in [2.24, 2.45) is 0 Å². The first kappa shape index (κ1) is 25.3. The van der Waals surface area contributed by atoms with Gasteiger partial charge in [0, 0.05) is 31.0 Å². The van der Waals surface area contributed by atoms with E-state index in [0.29, 0.717) is 26.1 Å². The molecular weight excluding hydrogens is 458 g/mol. The zero-order chi connectivity index (χ0) is 24.2. The fraction of sp³-hybridized carbons (Fsp3) is 0.417. The van der Waals surface area contributed by atoms with Crippen LogP contribution in [-0.2, 0) is 26.0 Å². The minimum Gasteiger partial charge on any atom is -0.325 e. The molecule has 1 aliphatic heterocycles. The smallest absolute Gasteiger partial charge is 0.243 e. The third kappa shape index (κ3) is 5.77. The lowest BCUT2D eigenvalue weighted by Crippen LogP contribution is -2.36. The largest absolute Gasteiger partial charge is 0.325 e. The van der Waals surface area contributed by atoms with Gasteiger partial charge in [-0.1, -0.05) is 31.5 Å². The Labute approximate surface area is 200 Å². The number of carbonyl (C=O) groups is 2. The van der Waals surface area contributed by atoms with Crippen LogP contribution in [0.25, 0.3) is 0 Å².